The lowest BCUT2D eigenvalue weighted by Crippen LogP contribution is -1.99. The van der Waals surface area contributed by atoms with Gasteiger partial charge in [0, 0.05) is 5.56 Å². The average molecular weight is 235 g/mol. The molecule has 0 amide bonds. The number of benzene rings is 1. The first-order valence-corrected chi connectivity index (χ1v) is 4.51. The molecule has 2 nitrogen and oxygen atoms in total. The van der Waals surface area contributed by atoms with Gasteiger partial charge < -0.3 is 4.74 Å². The highest BCUT2D eigenvalue weighted by atomic mass is 35.5. The summed E-state index contributed by atoms with van der Waals surface area (Å²) in [6, 6.07) is 2.48. The van der Waals surface area contributed by atoms with Crippen LogP contribution in [0.5, 0.6) is 5.75 Å². The molecule has 0 spiro atoms. The molecule has 0 atom stereocenters. The summed E-state index contributed by atoms with van der Waals surface area (Å²) in [4.78, 5) is 11.0. The van der Waals surface area contributed by atoms with Gasteiger partial charge >= 0.3 is 0 Å². The molecule has 1 rings (SSSR count). The first-order chi connectivity index (χ1) is 6.97. The Balaban J connectivity index is 3.37. The Hall–Kier alpha value is -1.16. The van der Waals surface area contributed by atoms with Crippen LogP contribution in [0.25, 0.3) is 0 Å². The summed E-state index contributed by atoms with van der Waals surface area (Å²) in [7, 11) is 1.25. The van der Waals surface area contributed by atoms with E-state index in [0.29, 0.717) is 0 Å². The van der Waals surface area contributed by atoms with E-state index in [1.165, 1.54) is 26.2 Å². The summed E-state index contributed by atoms with van der Waals surface area (Å²) in [6.45, 7) is 1.33. The highest BCUT2D eigenvalue weighted by Gasteiger charge is 2.20. The molecule has 0 bridgehead atoms. The van der Waals surface area contributed by atoms with Crippen molar-refractivity contribution in [2.24, 2.45) is 0 Å². The van der Waals surface area contributed by atoms with Crippen molar-refractivity contribution in [2.45, 2.75) is 13.3 Å². The zero-order valence-electron chi connectivity index (χ0n) is 8.18. The SMILES string of the molecule is COc1cc(C(C)=O)cc(Cl)c1C(F)F. The molecule has 1 aromatic carbocycles. The second kappa shape index (κ2) is 4.57. The largest absolute Gasteiger partial charge is 0.496 e. The molecule has 1 aromatic rings. The number of hydrogen-bond donors (Lipinski definition) is 0. The van der Waals surface area contributed by atoms with Crippen LogP contribution in [-0.2, 0) is 0 Å². The van der Waals surface area contributed by atoms with E-state index in [1.54, 1.807) is 0 Å². The molecule has 82 valence electrons. The Labute approximate surface area is 90.8 Å². The van der Waals surface area contributed by atoms with Gasteiger partial charge in [-0.2, -0.15) is 0 Å². The van der Waals surface area contributed by atoms with Crippen molar-refractivity contribution in [3.63, 3.8) is 0 Å². The quantitative estimate of drug-likeness (QED) is 0.749. The maximum absolute atomic E-state index is 12.6. The smallest absolute Gasteiger partial charge is 0.268 e. The van der Waals surface area contributed by atoms with Crippen molar-refractivity contribution in [3.05, 3.63) is 28.3 Å². The zero-order valence-corrected chi connectivity index (χ0v) is 8.94. The van der Waals surface area contributed by atoms with Crippen LogP contribution in [0.4, 0.5) is 8.78 Å². The molecule has 0 N–H and O–H groups in total. The van der Waals surface area contributed by atoms with Crippen LogP contribution in [0.3, 0.4) is 0 Å². The molecular weight excluding hydrogens is 226 g/mol. The summed E-state index contributed by atoms with van der Waals surface area (Å²) < 4.78 is 29.9. The molecule has 15 heavy (non-hydrogen) atoms. The van der Waals surface area contributed by atoms with Gasteiger partial charge in [-0.3, -0.25) is 4.79 Å². The minimum absolute atomic E-state index is 0.0669. The molecule has 0 aliphatic carbocycles. The van der Waals surface area contributed by atoms with Gasteiger partial charge in [0.2, 0.25) is 0 Å². The summed E-state index contributed by atoms with van der Waals surface area (Å²) in [6.07, 6.45) is -2.73. The van der Waals surface area contributed by atoms with Gasteiger partial charge in [0.1, 0.15) is 5.75 Å². The van der Waals surface area contributed by atoms with Gasteiger partial charge in [-0.05, 0) is 19.1 Å². The third-order valence-electron chi connectivity index (χ3n) is 1.94. The van der Waals surface area contributed by atoms with Crippen LogP contribution in [0.2, 0.25) is 5.02 Å². The first kappa shape index (κ1) is 11.9. The number of halogens is 3. The van der Waals surface area contributed by atoms with Gasteiger partial charge in [0.25, 0.3) is 6.43 Å². The monoisotopic (exact) mass is 234 g/mol. The van der Waals surface area contributed by atoms with E-state index in [-0.39, 0.29) is 27.7 Å². The van der Waals surface area contributed by atoms with Crippen molar-refractivity contribution in [3.8, 4) is 5.75 Å². The number of methoxy groups -OCH3 is 1. The van der Waals surface area contributed by atoms with E-state index >= 15 is 0 Å². The molecule has 0 radical (unpaired) electrons. The second-order valence-corrected chi connectivity index (χ2v) is 3.34. The lowest BCUT2D eigenvalue weighted by atomic mass is 10.1. The molecule has 0 aromatic heterocycles. The first-order valence-electron chi connectivity index (χ1n) is 4.14. The maximum Gasteiger partial charge on any atom is 0.268 e. The van der Waals surface area contributed by atoms with Crippen LogP contribution in [0.15, 0.2) is 12.1 Å². The van der Waals surface area contributed by atoms with E-state index in [9.17, 15) is 13.6 Å². The minimum Gasteiger partial charge on any atom is -0.496 e. The summed E-state index contributed by atoms with van der Waals surface area (Å²) in [5, 5.41) is -0.158. The highest BCUT2D eigenvalue weighted by Crippen LogP contribution is 2.36. The Morgan fingerprint density at radius 3 is 2.47 bits per heavy atom. The van der Waals surface area contributed by atoms with Gasteiger partial charge in [-0.15, -0.1) is 0 Å². The fourth-order valence-electron chi connectivity index (χ4n) is 1.18. The number of ketones is 1. The average Bonchev–Trinajstić information content (AvgIpc) is 2.15. The summed E-state index contributed by atoms with van der Waals surface area (Å²) in [5.74, 6) is -0.321. The van der Waals surface area contributed by atoms with Gasteiger partial charge in [0.05, 0.1) is 17.7 Å². The van der Waals surface area contributed by atoms with Crippen LogP contribution in [-0.4, -0.2) is 12.9 Å². The van der Waals surface area contributed by atoms with E-state index in [2.05, 4.69) is 0 Å². The minimum atomic E-state index is -2.73. The van der Waals surface area contributed by atoms with Crippen molar-refractivity contribution < 1.29 is 18.3 Å². The predicted molar refractivity (Wildman–Crippen MR) is 53.0 cm³/mol. The molecule has 0 aliphatic heterocycles. The Bertz CT molecular complexity index is 391. The number of alkyl halides is 2. The Morgan fingerprint density at radius 1 is 1.47 bits per heavy atom. The number of Topliss-reactive ketones (excluding diaryl/α,β-unsaturated/α-hetero) is 1. The van der Waals surface area contributed by atoms with Crippen LogP contribution >= 0.6 is 11.6 Å². The molecule has 0 heterocycles. The number of hydrogen-bond acceptors (Lipinski definition) is 2. The second-order valence-electron chi connectivity index (χ2n) is 2.93. The van der Waals surface area contributed by atoms with E-state index in [1.807, 2.05) is 0 Å². The van der Waals surface area contributed by atoms with Crippen LogP contribution in [0.1, 0.15) is 29.3 Å². The van der Waals surface area contributed by atoms with E-state index < -0.39 is 6.43 Å². The summed E-state index contributed by atoms with van der Waals surface area (Å²) >= 11 is 5.64. The van der Waals surface area contributed by atoms with E-state index in [4.69, 9.17) is 16.3 Å². The Kier molecular flexibility index (Phi) is 3.63. The van der Waals surface area contributed by atoms with Gasteiger partial charge in [0.15, 0.2) is 5.78 Å². The lowest BCUT2D eigenvalue weighted by Gasteiger charge is -2.10. The zero-order chi connectivity index (χ0) is 11.6. The number of carbonyl (C=O) groups excluding carboxylic acids is 1. The van der Waals surface area contributed by atoms with Crippen molar-refractivity contribution in [1.82, 2.24) is 0 Å². The summed E-state index contributed by atoms with van der Waals surface area (Å²) in [5.41, 5.74) is -0.134. The van der Waals surface area contributed by atoms with Crippen LogP contribution in [0, 0.1) is 0 Å². The highest BCUT2D eigenvalue weighted by molar-refractivity contribution is 6.32. The van der Waals surface area contributed by atoms with Gasteiger partial charge in [-0.1, -0.05) is 11.6 Å². The van der Waals surface area contributed by atoms with Gasteiger partial charge in [-0.25, -0.2) is 8.78 Å². The number of rotatable bonds is 3. The molecule has 0 saturated heterocycles. The normalized spacial score (nSPS) is 10.5. The third kappa shape index (κ3) is 2.45. The number of carbonyl (C=O) groups is 1. The standard InChI is InChI=1S/C10H9ClF2O2/c1-5(14)6-3-7(11)9(10(12)13)8(4-6)15-2/h3-4,10H,1-2H3. The van der Waals surface area contributed by atoms with Crippen molar-refractivity contribution in [2.75, 3.05) is 7.11 Å². The molecule has 0 unspecified atom stereocenters. The van der Waals surface area contributed by atoms with E-state index in [0.717, 1.165) is 0 Å². The molecule has 0 saturated carbocycles. The Morgan fingerprint density at radius 2 is 2.07 bits per heavy atom. The maximum atomic E-state index is 12.6. The van der Waals surface area contributed by atoms with Crippen molar-refractivity contribution in [1.29, 1.82) is 0 Å². The molecule has 0 aliphatic rings. The topological polar surface area (TPSA) is 26.3 Å². The molecular formula is C10H9ClF2O2. The predicted octanol–water partition coefficient (Wildman–Crippen LogP) is 3.49. The fourth-order valence-corrected chi connectivity index (χ4v) is 1.47. The molecule has 5 heteroatoms. The van der Waals surface area contributed by atoms with Crippen LogP contribution < -0.4 is 4.74 Å². The fraction of sp³-hybridized carbons (Fsp3) is 0.300. The number of ether oxygens (including phenoxy) is 1. The third-order valence-corrected chi connectivity index (χ3v) is 2.25. The molecule has 0 fully saturated rings. The lowest BCUT2D eigenvalue weighted by molar-refractivity contribution is 0.101. The van der Waals surface area contributed by atoms with Crippen molar-refractivity contribution >= 4 is 17.4 Å².